The summed E-state index contributed by atoms with van der Waals surface area (Å²) in [6.07, 6.45) is 4.33. The van der Waals surface area contributed by atoms with Gasteiger partial charge >= 0.3 is 0 Å². The van der Waals surface area contributed by atoms with Crippen molar-refractivity contribution in [2.75, 3.05) is 13.2 Å². The summed E-state index contributed by atoms with van der Waals surface area (Å²) in [4.78, 5) is 0. The van der Waals surface area contributed by atoms with Crippen LogP contribution < -0.4 is 10.5 Å². The van der Waals surface area contributed by atoms with Crippen molar-refractivity contribution in [3.05, 3.63) is 29.8 Å². The van der Waals surface area contributed by atoms with Crippen LogP contribution >= 0.6 is 0 Å². The second-order valence-corrected chi connectivity index (χ2v) is 4.97. The fourth-order valence-corrected chi connectivity index (χ4v) is 2.15. The Bertz CT molecular complexity index is 344. The number of nitrogens with two attached hydrogens (primary N) is 1. The number of ether oxygens (including phenoxy) is 2. The zero-order chi connectivity index (χ0) is 12.8. The number of rotatable bonds is 5. The first-order valence-electron chi connectivity index (χ1n) is 6.87. The van der Waals surface area contributed by atoms with Crippen molar-refractivity contribution in [3.63, 3.8) is 0 Å². The van der Waals surface area contributed by atoms with E-state index in [-0.39, 0.29) is 12.1 Å². The van der Waals surface area contributed by atoms with Gasteiger partial charge in [0, 0.05) is 12.6 Å². The van der Waals surface area contributed by atoms with Crippen LogP contribution in [0.25, 0.3) is 0 Å². The number of benzene rings is 1. The summed E-state index contributed by atoms with van der Waals surface area (Å²) in [6, 6.07) is 8.53. The summed E-state index contributed by atoms with van der Waals surface area (Å²) in [7, 11) is 0. The SMILES string of the molecule is CCC(N)Cc1ccc(OC2CCCOC2)cc1. The van der Waals surface area contributed by atoms with Gasteiger partial charge in [-0.25, -0.2) is 0 Å². The van der Waals surface area contributed by atoms with Crippen molar-refractivity contribution in [1.82, 2.24) is 0 Å². The summed E-state index contributed by atoms with van der Waals surface area (Å²) in [5.74, 6) is 0.930. The van der Waals surface area contributed by atoms with Crippen LogP contribution in [0.4, 0.5) is 0 Å². The fraction of sp³-hybridized carbons (Fsp3) is 0.600. The third-order valence-corrected chi connectivity index (χ3v) is 3.37. The molecule has 0 spiro atoms. The highest BCUT2D eigenvalue weighted by Gasteiger charge is 2.15. The molecule has 2 unspecified atom stereocenters. The Kier molecular flexibility index (Phi) is 5.02. The average molecular weight is 249 g/mol. The fourth-order valence-electron chi connectivity index (χ4n) is 2.15. The maximum absolute atomic E-state index is 5.94. The van der Waals surface area contributed by atoms with Gasteiger partial charge in [-0.15, -0.1) is 0 Å². The lowest BCUT2D eigenvalue weighted by atomic mass is 10.0. The van der Waals surface area contributed by atoms with Crippen LogP contribution in [0.15, 0.2) is 24.3 Å². The first-order chi connectivity index (χ1) is 8.78. The molecule has 0 bridgehead atoms. The van der Waals surface area contributed by atoms with Gasteiger partial charge in [0.15, 0.2) is 0 Å². The van der Waals surface area contributed by atoms with Crippen molar-refractivity contribution >= 4 is 0 Å². The Balaban J connectivity index is 1.86. The highest BCUT2D eigenvalue weighted by atomic mass is 16.5. The largest absolute Gasteiger partial charge is 0.488 e. The minimum Gasteiger partial charge on any atom is -0.488 e. The van der Waals surface area contributed by atoms with Gasteiger partial charge in [0.2, 0.25) is 0 Å². The number of hydrogen-bond acceptors (Lipinski definition) is 3. The Morgan fingerprint density at radius 2 is 2.17 bits per heavy atom. The molecule has 2 rings (SSSR count). The Morgan fingerprint density at radius 3 is 2.78 bits per heavy atom. The molecule has 1 fully saturated rings. The van der Waals surface area contributed by atoms with Crippen molar-refractivity contribution in [2.24, 2.45) is 5.73 Å². The monoisotopic (exact) mass is 249 g/mol. The van der Waals surface area contributed by atoms with Gasteiger partial charge in [-0.1, -0.05) is 19.1 Å². The van der Waals surface area contributed by atoms with Crippen molar-refractivity contribution in [1.29, 1.82) is 0 Å². The van der Waals surface area contributed by atoms with Gasteiger partial charge < -0.3 is 15.2 Å². The highest BCUT2D eigenvalue weighted by molar-refractivity contribution is 5.28. The van der Waals surface area contributed by atoms with Gasteiger partial charge in [0.25, 0.3) is 0 Å². The molecule has 1 heterocycles. The summed E-state index contributed by atoms with van der Waals surface area (Å²) < 4.78 is 11.3. The van der Waals surface area contributed by atoms with E-state index in [0.717, 1.165) is 38.0 Å². The van der Waals surface area contributed by atoms with E-state index in [2.05, 4.69) is 19.1 Å². The van der Waals surface area contributed by atoms with Gasteiger partial charge in [-0.2, -0.15) is 0 Å². The first-order valence-corrected chi connectivity index (χ1v) is 6.87. The predicted octanol–water partition coefficient (Wildman–Crippen LogP) is 2.52. The van der Waals surface area contributed by atoms with E-state index in [1.165, 1.54) is 5.56 Å². The van der Waals surface area contributed by atoms with Gasteiger partial charge in [-0.05, 0) is 43.4 Å². The Hall–Kier alpha value is -1.06. The maximum atomic E-state index is 5.94. The lowest BCUT2D eigenvalue weighted by molar-refractivity contribution is 0.00742. The highest BCUT2D eigenvalue weighted by Crippen LogP contribution is 2.18. The molecule has 18 heavy (non-hydrogen) atoms. The lowest BCUT2D eigenvalue weighted by Crippen LogP contribution is -2.28. The van der Waals surface area contributed by atoms with E-state index in [1.54, 1.807) is 0 Å². The van der Waals surface area contributed by atoms with Crippen molar-refractivity contribution in [3.8, 4) is 5.75 Å². The van der Waals surface area contributed by atoms with Crippen LogP contribution in [-0.2, 0) is 11.2 Å². The van der Waals surface area contributed by atoms with Crippen molar-refractivity contribution in [2.45, 2.75) is 44.8 Å². The second kappa shape index (κ2) is 6.76. The Labute approximate surface area is 109 Å². The molecule has 1 aliphatic heterocycles. The number of hydrogen-bond donors (Lipinski definition) is 1. The summed E-state index contributed by atoms with van der Waals surface area (Å²) in [5.41, 5.74) is 7.22. The van der Waals surface area contributed by atoms with Crippen LogP contribution in [0.5, 0.6) is 5.75 Å². The van der Waals surface area contributed by atoms with E-state index in [1.807, 2.05) is 12.1 Å². The van der Waals surface area contributed by atoms with Gasteiger partial charge in [-0.3, -0.25) is 0 Å². The second-order valence-electron chi connectivity index (χ2n) is 4.97. The molecule has 1 aromatic rings. The normalized spacial score (nSPS) is 21.6. The third kappa shape index (κ3) is 4.00. The van der Waals surface area contributed by atoms with Gasteiger partial charge in [0.1, 0.15) is 11.9 Å². The van der Waals surface area contributed by atoms with Crippen LogP contribution in [0.2, 0.25) is 0 Å². The minimum absolute atomic E-state index is 0.211. The molecule has 1 aromatic carbocycles. The minimum atomic E-state index is 0.211. The molecule has 2 atom stereocenters. The zero-order valence-electron chi connectivity index (χ0n) is 11.1. The van der Waals surface area contributed by atoms with Gasteiger partial charge in [0.05, 0.1) is 6.61 Å². The van der Waals surface area contributed by atoms with E-state index in [0.29, 0.717) is 6.61 Å². The molecule has 0 amide bonds. The van der Waals surface area contributed by atoms with E-state index < -0.39 is 0 Å². The van der Waals surface area contributed by atoms with Crippen LogP contribution in [0.1, 0.15) is 31.7 Å². The molecule has 0 aliphatic carbocycles. The topological polar surface area (TPSA) is 44.5 Å². The van der Waals surface area contributed by atoms with Crippen LogP contribution in [-0.4, -0.2) is 25.4 Å². The van der Waals surface area contributed by atoms with E-state index in [4.69, 9.17) is 15.2 Å². The molecule has 1 saturated heterocycles. The molecule has 2 N–H and O–H groups in total. The third-order valence-electron chi connectivity index (χ3n) is 3.37. The predicted molar refractivity (Wildman–Crippen MR) is 72.9 cm³/mol. The zero-order valence-corrected chi connectivity index (χ0v) is 11.1. The standard InChI is InChI=1S/C15H23NO2/c1-2-13(16)10-12-5-7-14(8-6-12)18-15-4-3-9-17-11-15/h5-8,13,15H,2-4,9-11,16H2,1H3. The van der Waals surface area contributed by atoms with Crippen molar-refractivity contribution < 1.29 is 9.47 Å². The van der Waals surface area contributed by atoms with Crippen LogP contribution in [0, 0.1) is 0 Å². The van der Waals surface area contributed by atoms with E-state index >= 15 is 0 Å². The first kappa shape index (κ1) is 13.4. The quantitative estimate of drug-likeness (QED) is 0.872. The molecule has 0 aromatic heterocycles. The smallest absolute Gasteiger partial charge is 0.122 e. The Morgan fingerprint density at radius 1 is 1.39 bits per heavy atom. The van der Waals surface area contributed by atoms with Crippen LogP contribution in [0.3, 0.4) is 0 Å². The molecule has 1 aliphatic rings. The molecule has 0 saturated carbocycles. The summed E-state index contributed by atoms with van der Waals surface area (Å²) in [6.45, 7) is 3.70. The van der Waals surface area contributed by atoms with E-state index in [9.17, 15) is 0 Å². The summed E-state index contributed by atoms with van der Waals surface area (Å²) >= 11 is 0. The molecule has 3 nitrogen and oxygen atoms in total. The average Bonchev–Trinajstić information content (AvgIpc) is 2.42. The molecule has 3 heteroatoms. The lowest BCUT2D eigenvalue weighted by Gasteiger charge is -2.23. The molecular formula is C15H23NO2. The molecule has 100 valence electrons. The molecular weight excluding hydrogens is 226 g/mol. The molecule has 0 radical (unpaired) electrons. The summed E-state index contributed by atoms with van der Waals surface area (Å²) in [5, 5.41) is 0. The maximum Gasteiger partial charge on any atom is 0.122 e.